The van der Waals surface area contributed by atoms with E-state index in [1.54, 1.807) is 16.7 Å². The van der Waals surface area contributed by atoms with E-state index in [1.165, 1.54) is 24.7 Å². The van der Waals surface area contributed by atoms with Crippen LogP contribution in [0, 0.1) is 10.1 Å². The number of hydrogen-bond acceptors (Lipinski definition) is 6. The third kappa shape index (κ3) is 1.88. The van der Waals surface area contributed by atoms with Gasteiger partial charge in [0.1, 0.15) is 11.9 Å². The minimum absolute atomic E-state index is 0.231. The fourth-order valence-corrected chi connectivity index (χ4v) is 1.79. The second kappa shape index (κ2) is 4.50. The lowest BCUT2D eigenvalue weighted by Crippen LogP contribution is -1.96. The molecule has 0 bridgehead atoms. The van der Waals surface area contributed by atoms with Crippen molar-refractivity contribution < 1.29 is 9.72 Å². The van der Waals surface area contributed by atoms with E-state index in [-0.39, 0.29) is 5.82 Å². The van der Waals surface area contributed by atoms with Crippen molar-refractivity contribution >= 4 is 17.8 Å². The van der Waals surface area contributed by atoms with E-state index in [2.05, 4.69) is 15.0 Å². The number of nitro groups is 1. The standard InChI is InChI=1S/C12H7N5O3/c18-7-9-4-15-12-5-13-10(6-16(9)12)8-1-2-11(14-3-8)17(19)20/h1-7H. The van der Waals surface area contributed by atoms with Crippen LogP contribution >= 0.6 is 0 Å². The van der Waals surface area contributed by atoms with Crippen LogP contribution in [0.1, 0.15) is 10.5 Å². The van der Waals surface area contributed by atoms with Gasteiger partial charge in [-0.3, -0.25) is 14.2 Å². The first kappa shape index (κ1) is 11.9. The van der Waals surface area contributed by atoms with Crippen LogP contribution in [0.25, 0.3) is 16.9 Å². The van der Waals surface area contributed by atoms with Crippen molar-refractivity contribution in [1.29, 1.82) is 0 Å². The molecule has 0 amide bonds. The maximum atomic E-state index is 10.9. The lowest BCUT2D eigenvalue weighted by molar-refractivity contribution is -0.389. The highest BCUT2D eigenvalue weighted by atomic mass is 16.6. The van der Waals surface area contributed by atoms with E-state index in [0.717, 1.165) is 0 Å². The summed E-state index contributed by atoms with van der Waals surface area (Å²) in [6, 6.07) is 2.85. The van der Waals surface area contributed by atoms with Crippen molar-refractivity contribution in [3.63, 3.8) is 0 Å². The molecular formula is C12H7N5O3. The summed E-state index contributed by atoms with van der Waals surface area (Å²) in [6.07, 6.45) is 6.65. The molecule has 3 heterocycles. The Hall–Kier alpha value is -3.16. The quantitative estimate of drug-likeness (QED) is 0.405. The Morgan fingerprint density at radius 1 is 1.15 bits per heavy atom. The lowest BCUT2D eigenvalue weighted by Gasteiger charge is -2.01. The highest BCUT2D eigenvalue weighted by Crippen LogP contribution is 2.19. The largest absolute Gasteiger partial charge is 0.363 e. The average molecular weight is 269 g/mol. The number of aldehydes is 1. The smallest absolute Gasteiger partial charge is 0.358 e. The van der Waals surface area contributed by atoms with Gasteiger partial charge in [-0.2, -0.15) is 0 Å². The van der Waals surface area contributed by atoms with Gasteiger partial charge in [0.25, 0.3) is 0 Å². The highest BCUT2D eigenvalue weighted by Gasteiger charge is 2.10. The Bertz CT molecular complexity index is 810. The zero-order valence-corrected chi connectivity index (χ0v) is 10.0. The predicted octanol–water partition coefficient (Wildman–Crippen LogP) is 1.51. The van der Waals surface area contributed by atoms with E-state index in [0.29, 0.717) is 28.9 Å². The molecular weight excluding hydrogens is 262 g/mol. The van der Waals surface area contributed by atoms with Crippen LogP contribution in [0.5, 0.6) is 0 Å². The number of hydrogen-bond donors (Lipinski definition) is 0. The van der Waals surface area contributed by atoms with Crippen molar-refractivity contribution in [2.45, 2.75) is 0 Å². The molecule has 98 valence electrons. The van der Waals surface area contributed by atoms with Gasteiger partial charge in [0.2, 0.25) is 0 Å². The Morgan fingerprint density at radius 2 is 2.00 bits per heavy atom. The third-order valence-electron chi connectivity index (χ3n) is 2.78. The van der Waals surface area contributed by atoms with Crippen LogP contribution in [-0.2, 0) is 0 Å². The molecule has 3 aromatic heterocycles. The third-order valence-corrected chi connectivity index (χ3v) is 2.78. The first-order valence-electron chi connectivity index (χ1n) is 5.58. The normalized spacial score (nSPS) is 10.6. The average Bonchev–Trinajstić information content (AvgIpc) is 2.89. The van der Waals surface area contributed by atoms with Crippen LogP contribution in [-0.4, -0.2) is 30.6 Å². The molecule has 0 saturated heterocycles. The second-order valence-electron chi connectivity index (χ2n) is 3.96. The Balaban J connectivity index is 2.09. The van der Waals surface area contributed by atoms with Crippen LogP contribution in [0.2, 0.25) is 0 Å². The van der Waals surface area contributed by atoms with E-state index in [9.17, 15) is 14.9 Å². The van der Waals surface area contributed by atoms with Gasteiger partial charge in [0.15, 0.2) is 11.9 Å². The van der Waals surface area contributed by atoms with E-state index in [4.69, 9.17) is 0 Å². The van der Waals surface area contributed by atoms with Crippen molar-refractivity contribution in [1.82, 2.24) is 19.4 Å². The summed E-state index contributed by atoms with van der Waals surface area (Å²) in [5, 5.41) is 10.5. The van der Waals surface area contributed by atoms with Crippen molar-refractivity contribution in [3.05, 3.63) is 52.7 Å². The van der Waals surface area contributed by atoms with Gasteiger partial charge in [-0.15, -0.1) is 0 Å². The molecule has 0 spiro atoms. The van der Waals surface area contributed by atoms with Gasteiger partial charge < -0.3 is 10.1 Å². The van der Waals surface area contributed by atoms with Gasteiger partial charge in [0, 0.05) is 17.8 Å². The predicted molar refractivity (Wildman–Crippen MR) is 68.3 cm³/mol. The molecule has 0 aromatic carbocycles. The summed E-state index contributed by atoms with van der Waals surface area (Å²) in [7, 11) is 0. The summed E-state index contributed by atoms with van der Waals surface area (Å²) < 4.78 is 1.59. The van der Waals surface area contributed by atoms with Crippen LogP contribution in [0.4, 0.5) is 5.82 Å². The minimum Gasteiger partial charge on any atom is -0.358 e. The maximum absolute atomic E-state index is 10.9. The molecule has 0 radical (unpaired) electrons. The summed E-state index contributed by atoms with van der Waals surface area (Å²) in [5.74, 6) is -0.231. The summed E-state index contributed by atoms with van der Waals surface area (Å²) in [6.45, 7) is 0. The number of carbonyl (C=O) groups is 1. The fourth-order valence-electron chi connectivity index (χ4n) is 1.79. The number of fused-ring (bicyclic) bond motifs is 1. The van der Waals surface area contributed by atoms with Crippen molar-refractivity contribution in [2.75, 3.05) is 0 Å². The number of nitrogens with zero attached hydrogens (tertiary/aromatic N) is 5. The topological polar surface area (TPSA) is 103 Å². The van der Waals surface area contributed by atoms with E-state index in [1.807, 2.05) is 0 Å². The zero-order valence-electron chi connectivity index (χ0n) is 10.0. The van der Waals surface area contributed by atoms with Crippen molar-refractivity contribution in [2.24, 2.45) is 0 Å². The summed E-state index contributed by atoms with van der Waals surface area (Å²) >= 11 is 0. The van der Waals surface area contributed by atoms with Gasteiger partial charge in [-0.1, -0.05) is 0 Å². The molecule has 3 aromatic rings. The number of aromatic nitrogens is 4. The van der Waals surface area contributed by atoms with E-state index >= 15 is 0 Å². The zero-order chi connectivity index (χ0) is 14.1. The first-order valence-corrected chi connectivity index (χ1v) is 5.58. The molecule has 0 N–H and O–H groups in total. The summed E-state index contributed by atoms with van der Waals surface area (Å²) in [5.41, 5.74) is 2.10. The molecule has 0 atom stereocenters. The molecule has 8 nitrogen and oxygen atoms in total. The van der Waals surface area contributed by atoms with Crippen LogP contribution in [0.15, 0.2) is 36.9 Å². The lowest BCUT2D eigenvalue weighted by atomic mass is 10.2. The van der Waals surface area contributed by atoms with Gasteiger partial charge in [-0.05, 0) is 16.0 Å². The molecule has 0 fully saturated rings. The number of rotatable bonds is 3. The maximum Gasteiger partial charge on any atom is 0.363 e. The minimum atomic E-state index is -0.569. The number of imidazole rings is 1. The second-order valence-corrected chi connectivity index (χ2v) is 3.96. The molecule has 0 unspecified atom stereocenters. The Morgan fingerprint density at radius 3 is 2.65 bits per heavy atom. The first-order chi connectivity index (χ1) is 9.69. The fraction of sp³-hybridized carbons (Fsp3) is 0. The molecule has 8 heteroatoms. The van der Waals surface area contributed by atoms with Gasteiger partial charge >= 0.3 is 5.82 Å². The summed E-state index contributed by atoms with van der Waals surface area (Å²) in [4.78, 5) is 32.8. The Kier molecular flexibility index (Phi) is 2.68. The number of pyridine rings is 1. The van der Waals surface area contributed by atoms with Gasteiger partial charge in [0.05, 0.1) is 18.1 Å². The molecule has 0 aliphatic rings. The van der Waals surface area contributed by atoms with Crippen LogP contribution in [0.3, 0.4) is 0 Å². The molecule has 0 aliphatic heterocycles. The molecule has 20 heavy (non-hydrogen) atoms. The van der Waals surface area contributed by atoms with E-state index < -0.39 is 4.92 Å². The Labute approximate surface area is 111 Å². The monoisotopic (exact) mass is 269 g/mol. The van der Waals surface area contributed by atoms with Crippen LogP contribution < -0.4 is 0 Å². The number of carbonyl (C=O) groups excluding carboxylic acids is 1. The van der Waals surface area contributed by atoms with Crippen molar-refractivity contribution in [3.8, 4) is 11.3 Å². The molecule has 0 aliphatic carbocycles. The van der Waals surface area contributed by atoms with Gasteiger partial charge in [-0.25, -0.2) is 4.98 Å². The highest BCUT2D eigenvalue weighted by molar-refractivity contribution is 5.74. The SMILES string of the molecule is O=Cc1cnc2cnc(-c3ccc([N+](=O)[O-])nc3)cn12. The molecule has 3 rings (SSSR count). The molecule has 0 saturated carbocycles.